The van der Waals surface area contributed by atoms with Crippen LogP contribution >= 0.6 is 23.2 Å². The van der Waals surface area contributed by atoms with Gasteiger partial charge in [0.2, 0.25) is 0 Å². The average molecular weight is 362 g/mol. The Balaban J connectivity index is 1.48. The second-order valence-corrected chi connectivity index (χ2v) is 7.73. The van der Waals surface area contributed by atoms with E-state index in [9.17, 15) is 0 Å². The summed E-state index contributed by atoms with van der Waals surface area (Å²) in [4.78, 5) is 4.14. The highest BCUT2D eigenvalue weighted by molar-refractivity contribution is 6.41. The summed E-state index contributed by atoms with van der Waals surface area (Å²) in [6.07, 6.45) is 10.5. The second-order valence-electron chi connectivity index (χ2n) is 6.97. The van der Waals surface area contributed by atoms with E-state index in [1.807, 2.05) is 12.3 Å². The van der Waals surface area contributed by atoms with Gasteiger partial charge in [-0.25, -0.2) is 4.98 Å². The lowest BCUT2D eigenvalue weighted by molar-refractivity contribution is 0.310. The van der Waals surface area contributed by atoms with E-state index >= 15 is 0 Å². The van der Waals surface area contributed by atoms with Crippen LogP contribution in [0.25, 0.3) is 0 Å². The Labute approximate surface area is 155 Å². The van der Waals surface area contributed by atoms with E-state index in [-0.39, 0.29) is 0 Å². The first kappa shape index (κ1) is 17.8. The van der Waals surface area contributed by atoms with E-state index < -0.39 is 0 Å². The number of pyridine rings is 1. The largest absolute Gasteiger partial charge is 0.243 e. The molecule has 1 fully saturated rings. The summed E-state index contributed by atoms with van der Waals surface area (Å²) >= 11 is 11.9. The van der Waals surface area contributed by atoms with Crippen LogP contribution in [0.4, 0.5) is 0 Å². The van der Waals surface area contributed by atoms with Crippen LogP contribution in [0.3, 0.4) is 0 Å². The van der Waals surface area contributed by atoms with Crippen molar-refractivity contribution >= 4 is 23.2 Å². The molecule has 1 aromatic heterocycles. The number of rotatable bonds is 5. The molecular weight excluding hydrogens is 337 g/mol. The molecule has 0 atom stereocenters. The van der Waals surface area contributed by atoms with Gasteiger partial charge in [0.1, 0.15) is 5.15 Å². The lowest BCUT2D eigenvalue weighted by Crippen LogP contribution is -2.14. The summed E-state index contributed by atoms with van der Waals surface area (Å²) in [7, 11) is 0. The number of hydrogen-bond acceptors (Lipinski definition) is 1. The van der Waals surface area contributed by atoms with Crippen molar-refractivity contribution in [1.29, 1.82) is 0 Å². The highest BCUT2D eigenvalue weighted by Gasteiger charge is 2.22. The van der Waals surface area contributed by atoms with Crippen LogP contribution in [-0.4, -0.2) is 4.98 Å². The number of halogens is 2. The van der Waals surface area contributed by atoms with Gasteiger partial charge in [0.05, 0.1) is 5.02 Å². The highest BCUT2D eigenvalue weighted by atomic mass is 35.5. The van der Waals surface area contributed by atoms with Gasteiger partial charge in [-0.15, -0.1) is 0 Å². The summed E-state index contributed by atoms with van der Waals surface area (Å²) in [6.45, 7) is 2.21. The molecule has 1 saturated carbocycles. The van der Waals surface area contributed by atoms with Crippen molar-refractivity contribution in [2.45, 2.75) is 57.8 Å². The summed E-state index contributed by atoms with van der Waals surface area (Å²) in [5, 5.41) is 0.961. The van der Waals surface area contributed by atoms with Crippen molar-refractivity contribution in [2.24, 2.45) is 5.92 Å². The molecule has 0 unspecified atom stereocenters. The molecule has 1 aliphatic rings. The zero-order valence-electron chi connectivity index (χ0n) is 14.3. The number of hydrogen-bond donors (Lipinski definition) is 0. The number of benzene rings is 1. The Kier molecular flexibility index (Phi) is 6.19. The Hall–Kier alpha value is -1.05. The van der Waals surface area contributed by atoms with Crippen molar-refractivity contribution in [1.82, 2.24) is 4.98 Å². The third-order valence-electron chi connectivity index (χ3n) is 5.40. The lowest BCUT2D eigenvalue weighted by Gasteiger charge is -2.29. The standard InChI is InChI=1S/C21H25Cl2N/c1-2-15-5-9-18(10-6-15)19-11-7-16(8-12-19)3-4-17-13-20(22)21(23)24-14-17/h5-6,9-10,13-14,16,19H,2-4,7-8,11-12H2,1H3/t16-,19-. The molecule has 24 heavy (non-hydrogen) atoms. The predicted octanol–water partition coefficient (Wildman–Crippen LogP) is 6.86. The van der Waals surface area contributed by atoms with Gasteiger partial charge in [-0.1, -0.05) is 54.4 Å². The first-order chi connectivity index (χ1) is 11.7. The molecule has 1 aliphatic carbocycles. The third-order valence-corrected chi connectivity index (χ3v) is 6.09. The fourth-order valence-corrected chi connectivity index (χ4v) is 4.07. The first-order valence-electron chi connectivity index (χ1n) is 9.04. The molecule has 1 nitrogen and oxygen atoms in total. The Morgan fingerprint density at radius 1 is 1.00 bits per heavy atom. The van der Waals surface area contributed by atoms with Crippen molar-refractivity contribution in [3.05, 3.63) is 63.4 Å². The fraction of sp³-hybridized carbons (Fsp3) is 0.476. The molecule has 3 heteroatoms. The Morgan fingerprint density at radius 2 is 1.71 bits per heavy atom. The van der Waals surface area contributed by atoms with Gasteiger partial charge in [-0.2, -0.15) is 0 Å². The molecule has 0 bridgehead atoms. The Bertz CT molecular complexity index is 658. The van der Waals surface area contributed by atoms with Crippen LogP contribution in [-0.2, 0) is 12.8 Å². The number of aryl methyl sites for hydroxylation is 2. The van der Waals surface area contributed by atoms with E-state index in [0.717, 1.165) is 24.7 Å². The number of aromatic nitrogens is 1. The molecule has 1 aromatic carbocycles. The SMILES string of the molecule is CCc1ccc([C@H]2CC[C@H](CCc3cnc(Cl)c(Cl)c3)CC2)cc1. The normalized spacial score (nSPS) is 21.0. The van der Waals surface area contributed by atoms with Crippen molar-refractivity contribution in [3.8, 4) is 0 Å². The average Bonchev–Trinajstić information content (AvgIpc) is 2.63. The number of nitrogens with zero attached hydrogens (tertiary/aromatic N) is 1. The van der Waals surface area contributed by atoms with E-state index in [1.165, 1.54) is 48.8 Å². The molecule has 0 radical (unpaired) electrons. The zero-order chi connectivity index (χ0) is 16.9. The van der Waals surface area contributed by atoms with E-state index in [4.69, 9.17) is 23.2 Å². The maximum Gasteiger partial charge on any atom is 0.147 e. The van der Waals surface area contributed by atoms with Crippen molar-refractivity contribution < 1.29 is 0 Å². The molecule has 128 valence electrons. The quantitative estimate of drug-likeness (QED) is 0.530. The molecule has 0 N–H and O–H groups in total. The molecule has 2 aromatic rings. The van der Waals surface area contributed by atoms with Gasteiger partial charge >= 0.3 is 0 Å². The van der Waals surface area contributed by atoms with Gasteiger partial charge < -0.3 is 0 Å². The predicted molar refractivity (Wildman–Crippen MR) is 103 cm³/mol. The summed E-state index contributed by atoms with van der Waals surface area (Å²) in [5.74, 6) is 1.57. The smallest absolute Gasteiger partial charge is 0.147 e. The minimum atomic E-state index is 0.398. The summed E-state index contributed by atoms with van der Waals surface area (Å²) in [6, 6.07) is 11.2. The van der Waals surface area contributed by atoms with Gasteiger partial charge in [-0.3, -0.25) is 0 Å². The van der Waals surface area contributed by atoms with Crippen LogP contribution in [0, 0.1) is 5.92 Å². The second kappa shape index (κ2) is 8.36. The Morgan fingerprint density at radius 3 is 2.33 bits per heavy atom. The third kappa shape index (κ3) is 4.52. The van der Waals surface area contributed by atoms with E-state index in [2.05, 4.69) is 36.2 Å². The molecule has 3 rings (SSSR count). The minimum absolute atomic E-state index is 0.398. The minimum Gasteiger partial charge on any atom is -0.243 e. The van der Waals surface area contributed by atoms with E-state index in [1.54, 1.807) is 0 Å². The fourth-order valence-electron chi connectivity index (χ4n) is 3.78. The lowest BCUT2D eigenvalue weighted by atomic mass is 9.77. The van der Waals surface area contributed by atoms with Crippen molar-refractivity contribution in [3.63, 3.8) is 0 Å². The van der Waals surface area contributed by atoms with Crippen LogP contribution in [0.5, 0.6) is 0 Å². The molecule has 0 spiro atoms. The summed E-state index contributed by atoms with van der Waals surface area (Å²) < 4.78 is 0. The van der Waals surface area contributed by atoms with Crippen LogP contribution in [0.15, 0.2) is 36.5 Å². The molecule has 0 amide bonds. The van der Waals surface area contributed by atoms with E-state index in [0.29, 0.717) is 10.2 Å². The highest BCUT2D eigenvalue weighted by Crippen LogP contribution is 2.37. The van der Waals surface area contributed by atoms with Crippen molar-refractivity contribution in [2.75, 3.05) is 0 Å². The first-order valence-corrected chi connectivity index (χ1v) is 9.80. The molecule has 0 saturated heterocycles. The molecule has 1 heterocycles. The van der Waals surface area contributed by atoms with Crippen LogP contribution in [0.1, 0.15) is 61.6 Å². The molecule has 0 aliphatic heterocycles. The van der Waals surface area contributed by atoms with Crippen LogP contribution < -0.4 is 0 Å². The maximum atomic E-state index is 6.05. The summed E-state index contributed by atoms with van der Waals surface area (Å²) in [5.41, 5.74) is 4.16. The van der Waals surface area contributed by atoms with Crippen LogP contribution in [0.2, 0.25) is 10.2 Å². The molecular formula is C21H25Cl2N. The van der Waals surface area contributed by atoms with Gasteiger partial charge in [0, 0.05) is 6.20 Å². The zero-order valence-corrected chi connectivity index (χ0v) is 15.8. The maximum absolute atomic E-state index is 6.05. The topological polar surface area (TPSA) is 12.9 Å². The monoisotopic (exact) mass is 361 g/mol. The van der Waals surface area contributed by atoms with Gasteiger partial charge in [-0.05, 0) is 79.5 Å². The van der Waals surface area contributed by atoms with Gasteiger partial charge in [0.25, 0.3) is 0 Å². The van der Waals surface area contributed by atoms with Gasteiger partial charge in [0.15, 0.2) is 0 Å².